The van der Waals surface area contributed by atoms with E-state index in [2.05, 4.69) is 62.0 Å². The Labute approximate surface area is 431 Å². The molecule has 0 aromatic carbocycles. The van der Waals surface area contributed by atoms with Crippen LogP contribution in [0, 0.1) is 11.8 Å². The normalized spacial score (nSPS) is 15.6. The average Bonchev–Trinajstić information content (AvgIpc) is 3.35. The number of carbonyl (C=O) groups excluding carboxylic acids is 4. The summed E-state index contributed by atoms with van der Waals surface area (Å²) < 4.78 is 11.1. The molecule has 0 bridgehead atoms. The van der Waals surface area contributed by atoms with Crippen LogP contribution in [-0.4, -0.2) is 147 Å². The number of nitrogens with one attached hydrogen (secondary N) is 2. The van der Waals surface area contributed by atoms with Gasteiger partial charge in [-0.3, -0.25) is 29.0 Å². The van der Waals surface area contributed by atoms with Crippen LogP contribution in [-0.2, 0) is 28.7 Å². The van der Waals surface area contributed by atoms with Crippen LogP contribution < -0.4 is 10.6 Å². The molecule has 2 saturated heterocycles. The molecule has 2 heterocycles. The maximum atomic E-state index is 13.9. The van der Waals surface area contributed by atoms with E-state index in [1.165, 1.54) is 116 Å². The van der Waals surface area contributed by atoms with Crippen LogP contribution in [0.5, 0.6) is 0 Å². The number of hydrogen-bond donors (Lipinski definition) is 2. The summed E-state index contributed by atoms with van der Waals surface area (Å²) in [5.74, 6) is 0.130. The van der Waals surface area contributed by atoms with Crippen LogP contribution in [0.3, 0.4) is 0 Å². The second-order valence-corrected chi connectivity index (χ2v) is 21.7. The molecule has 12 heteroatoms. The van der Waals surface area contributed by atoms with E-state index >= 15 is 0 Å². The Balaban J connectivity index is 1.83. The first-order valence-corrected chi connectivity index (χ1v) is 29.8. The lowest BCUT2D eigenvalue weighted by atomic mass is 9.99. The highest BCUT2D eigenvalue weighted by atomic mass is 16.5. The number of nitrogens with zero attached hydrogens (tertiary/aromatic N) is 4. The Morgan fingerprint density at radius 1 is 0.414 bits per heavy atom. The zero-order valence-corrected chi connectivity index (χ0v) is 46.7. The van der Waals surface area contributed by atoms with Gasteiger partial charge in [0, 0.05) is 78.3 Å². The van der Waals surface area contributed by atoms with Gasteiger partial charge in [-0.05, 0) is 50.4 Å². The monoisotopic (exact) mass is 989 g/mol. The molecule has 2 unspecified atom stereocenters. The number of carbonyl (C=O) groups is 4. The Kier molecular flexibility index (Phi) is 39.4. The van der Waals surface area contributed by atoms with E-state index in [0.29, 0.717) is 39.0 Å². The zero-order chi connectivity index (χ0) is 50.9. The maximum absolute atomic E-state index is 13.9. The van der Waals surface area contributed by atoms with Gasteiger partial charge in [-0.2, -0.15) is 0 Å². The molecular formula is C58H112N6O6. The molecule has 2 atom stereocenters. The Morgan fingerprint density at radius 2 is 0.700 bits per heavy atom. The van der Waals surface area contributed by atoms with Crippen LogP contribution in [0.1, 0.15) is 234 Å². The quantitative estimate of drug-likeness (QED) is 0.0578. The summed E-state index contributed by atoms with van der Waals surface area (Å²) in [6.07, 6.45) is 33.6. The number of hydrogen-bond acceptors (Lipinski definition) is 8. The number of morpholine rings is 2. The molecule has 12 nitrogen and oxygen atoms in total. The second kappa shape index (κ2) is 43.2. The predicted octanol–water partition coefficient (Wildman–Crippen LogP) is 11.3. The fourth-order valence-electron chi connectivity index (χ4n) is 10.4. The van der Waals surface area contributed by atoms with Gasteiger partial charge in [0.15, 0.2) is 0 Å². The number of unbranched alkanes of at least 4 members (excludes halogenated alkanes) is 23. The summed E-state index contributed by atoms with van der Waals surface area (Å²) in [5, 5.41) is 6.42. The fourth-order valence-corrected chi connectivity index (χ4v) is 10.4. The summed E-state index contributed by atoms with van der Waals surface area (Å²) in [6.45, 7) is 23.6. The standard InChI is InChI=1S/C58H112N6O6/c1-7-9-11-13-15-17-19-21-23-25-29-35-53(65)63(41-33-39-61-43-47-69-48-44-61)55(51(3)4)57(67)59-37-31-27-28-32-38-60-58(68)56(52(5)6)64(42-34-40-62-45-49-70-50-46-62)54(66)36-30-26-24-22-20-18-16-14-12-10-8-2/h51-52,55-56H,7-50H2,1-6H3,(H,59,67)(H,60,68). The van der Waals surface area contributed by atoms with E-state index in [0.717, 1.165) is 130 Å². The molecule has 0 radical (unpaired) electrons. The summed E-state index contributed by atoms with van der Waals surface area (Å²) in [6, 6.07) is -0.973. The molecule has 0 aromatic heterocycles. The highest BCUT2D eigenvalue weighted by Crippen LogP contribution is 2.20. The minimum Gasteiger partial charge on any atom is -0.379 e. The molecule has 4 amide bonds. The van der Waals surface area contributed by atoms with Crippen molar-refractivity contribution in [3.8, 4) is 0 Å². The van der Waals surface area contributed by atoms with E-state index in [4.69, 9.17) is 9.47 Å². The largest absolute Gasteiger partial charge is 0.379 e. The highest BCUT2D eigenvalue weighted by Gasteiger charge is 2.33. The predicted molar refractivity (Wildman–Crippen MR) is 291 cm³/mol. The van der Waals surface area contributed by atoms with Crippen molar-refractivity contribution in [2.24, 2.45) is 11.8 Å². The third kappa shape index (κ3) is 30.7. The SMILES string of the molecule is CCCCCCCCCCCCCC(=O)N(CCCN1CCOCC1)C(C(=O)NCCCCCCNC(=O)C(C(C)C)N(CCCN1CCOCC1)C(=O)CCCCCCCCCCCCC)C(C)C. The first kappa shape index (κ1) is 63.8. The molecule has 2 rings (SSSR count). The molecule has 0 aromatic rings. The van der Waals surface area contributed by atoms with Crippen molar-refractivity contribution >= 4 is 23.6 Å². The van der Waals surface area contributed by atoms with Gasteiger partial charge in [0.25, 0.3) is 0 Å². The maximum Gasteiger partial charge on any atom is 0.243 e. The van der Waals surface area contributed by atoms with Crippen LogP contribution in [0.15, 0.2) is 0 Å². The van der Waals surface area contributed by atoms with Crippen LogP contribution in [0.25, 0.3) is 0 Å². The summed E-state index contributed by atoms with van der Waals surface area (Å²) in [5.41, 5.74) is 0. The van der Waals surface area contributed by atoms with Gasteiger partial charge in [-0.25, -0.2) is 0 Å². The summed E-state index contributed by atoms with van der Waals surface area (Å²) >= 11 is 0. The van der Waals surface area contributed by atoms with Gasteiger partial charge in [-0.1, -0.05) is 183 Å². The molecule has 0 aliphatic carbocycles. The molecule has 410 valence electrons. The van der Waals surface area contributed by atoms with Crippen LogP contribution >= 0.6 is 0 Å². The van der Waals surface area contributed by atoms with Crippen LogP contribution in [0.4, 0.5) is 0 Å². The smallest absolute Gasteiger partial charge is 0.243 e. The van der Waals surface area contributed by atoms with Gasteiger partial charge in [0.05, 0.1) is 26.4 Å². The van der Waals surface area contributed by atoms with Crippen molar-refractivity contribution < 1.29 is 28.7 Å². The first-order chi connectivity index (χ1) is 34.1. The Morgan fingerprint density at radius 3 is 1.00 bits per heavy atom. The van der Waals surface area contributed by atoms with Crippen LogP contribution in [0.2, 0.25) is 0 Å². The van der Waals surface area contributed by atoms with E-state index in [1.54, 1.807) is 0 Å². The average molecular weight is 990 g/mol. The molecule has 70 heavy (non-hydrogen) atoms. The zero-order valence-electron chi connectivity index (χ0n) is 46.7. The molecule has 2 aliphatic heterocycles. The lowest BCUT2D eigenvalue weighted by Gasteiger charge is -2.35. The van der Waals surface area contributed by atoms with E-state index in [-0.39, 0.29) is 35.5 Å². The van der Waals surface area contributed by atoms with Gasteiger partial charge in [0.1, 0.15) is 12.1 Å². The molecule has 0 spiro atoms. The molecule has 2 aliphatic rings. The lowest BCUT2D eigenvalue weighted by molar-refractivity contribution is -0.142. The third-order valence-corrected chi connectivity index (χ3v) is 14.8. The van der Waals surface area contributed by atoms with Gasteiger partial charge in [0.2, 0.25) is 23.6 Å². The van der Waals surface area contributed by atoms with Gasteiger partial charge in [-0.15, -0.1) is 0 Å². The minimum atomic E-state index is -0.487. The minimum absolute atomic E-state index is 0.00321. The van der Waals surface area contributed by atoms with Crippen molar-refractivity contribution in [3.63, 3.8) is 0 Å². The Hall–Kier alpha value is -2.28. The molecule has 2 N–H and O–H groups in total. The molecule has 0 saturated carbocycles. The highest BCUT2D eigenvalue weighted by molar-refractivity contribution is 5.88. The number of ether oxygens (including phenoxy) is 2. The summed E-state index contributed by atoms with van der Waals surface area (Å²) in [4.78, 5) is 64.1. The number of rotatable bonds is 45. The molecular weight excluding hydrogens is 877 g/mol. The van der Waals surface area contributed by atoms with Crippen molar-refractivity contribution in [3.05, 3.63) is 0 Å². The Bertz CT molecular complexity index is 1190. The van der Waals surface area contributed by atoms with Crippen molar-refractivity contribution in [2.45, 2.75) is 246 Å². The van der Waals surface area contributed by atoms with Gasteiger partial charge < -0.3 is 29.9 Å². The van der Waals surface area contributed by atoms with E-state index in [9.17, 15) is 19.2 Å². The van der Waals surface area contributed by atoms with E-state index in [1.807, 2.05) is 9.80 Å². The van der Waals surface area contributed by atoms with Gasteiger partial charge >= 0.3 is 0 Å². The topological polar surface area (TPSA) is 124 Å². The lowest BCUT2D eigenvalue weighted by Crippen LogP contribution is -2.53. The second-order valence-electron chi connectivity index (χ2n) is 21.7. The number of amides is 4. The van der Waals surface area contributed by atoms with Crippen molar-refractivity contribution in [2.75, 3.05) is 91.9 Å². The summed E-state index contributed by atoms with van der Waals surface area (Å²) in [7, 11) is 0. The fraction of sp³-hybridized carbons (Fsp3) is 0.931. The first-order valence-electron chi connectivity index (χ1n) is 29.8. The molecule has 2 fully saturated rings. The van der Waals surface area contributed by atoms with E-state index < -0.39 is 12.1 Å². The third-order valence-electron chi connectivity index (χ3n) is 14.8. The van der Waals surface area contributed by atoms with Crippen molar-refractivity contribution in [1.82, 2.24) is 30.2 Å². The van der Waals surface area contributed by atoms with Crippen molar-refractivity contribution in [1.29, 1.82) is 0 Å².